The molecule has 2 aromatic rings. The van der Waals surface area contributed by atoms with Gasteiger partial charge in [-0.3, -0.25) is 0 Å². The summed E-state index contributed by atoms with van der Waals surface area (Å²) >= 11 is 0. The van der Waals surface area contributed by atoms with E-state index in [-0.39, 0.29) is 5.82 Å². The fourth-order valence-corrected chi connectivity index (χ4v) is 2.08. The molecule has 100 valence electrons. The summed E-state index contributed by atoms with van der Waals surface area (Å²) in [5.74, 6) is 0.975. The first-order valence-corrected chi connectivity index (χ1v) is 6.45. The van der Waals surface area contributed by atoms with Crippen molar-refractivity contribution in [3.8, 4) is 0 Å². The lowest BCUT2D eigenvalue weighted by molar-refractivity contribution is 0.140. The number of hydrogen-bond acceptors (Lipinski definition) is 4. The van der Waals surface area contributed by atoms with Crippen LogP contribution in [0.5, 0.6) is 0 Å². The fourth-order valence-electron chi connectivity index (χ4n) is 2.08. The first kappa shape index (κ1) is 12.3. The minimum absolute atomic E-state index is 0.271. The Balaban J connectivity index is 1.66. The zero-order chi connectivity index (χ0) is 13.2. The van der Waals surface area contributed by atoms with Crippen molar-refractivity contribution in [2.75, 3.05) is 0 Å². The van der Waals surface area contributed by atoms with Gasteiger partial charge in [-0.25, -0.2) is 4.39 Å². The summed E-state index contributed by atoms with van der Waals surface area (Å²) in [5.41, 5.74) is 0.539. The van der Waals surface area contributed by atoms with Crippen LogP contribution in [0.3, 0.4) is 0 Å². The van der Waals surface area contributed by atoms with Crippen LogP contribution < -0.4 is 0 Å². The average Bonchev–Trinajstić information content (AvgIpc) is 3.16. The molecule has 5 heteroatoms. The smallest absolute Gasteiger partial charge is 0.229 e. The Morgan fingerprint density at radius 1 is 1.37 bits per heavy atom. The number of nitrogens with zero attached hydrogens (tertiary/aromatic N) is 2. The van der Waals surface area contributed by atoms with Gasteiger partial charge in [0.1, 0.15) is 5.82 Å². The first-order chi connectivity index (χ1) is 9.22. The van der Waals surface area contributed by atoms with Crippen LogP contribution in [0.1, 0.15) is 30.1 Å². The molecule has 1 aliphatic rings. The normalized spacial score (nSPS) is 16.5. The van der Waals surface area contributed by atoms with Crippen molar-refractivity contribution in [3.05, 3.63) is 47.4 Å². The zero-order valence-corrected chi connectivity index (χ0v) is 10.4. The van der Waals surface area contributed by atoms with E-state index in [1.807, 2.05) is 0 Å². The molecule has 0 bridgehead atoms. The van der Waals surface area contributed by atoms with Gasteiger partial charge < -0.3 is 9.63 Å². The largest absolute Gasteiger partial charge is 0.392 e. The Kier molecular flexibility index (Phi) is 3.29. The molecule has 3 rings (SSSR count). The Hall–Kier alpha value is -1.75. The summed E-state index contributed by atoms with van der Waals surface area (Å²) in [6.07, 6.45) is 2.42. The molecular weight excluding hydrogens is 247 g/mol. The monoisotopic (exact) mass is 262 g/mol. The van der Waals surface area contributed by atoms with Crippen LogP contribution in [0.15, 0.2) is 28.8 Å². The quantitative estimate of drug-likeness (QED) is 0.896. The molecule has 1 heterocycles. The molecule has 4 nitrogen and oxygen atoms in total. The van der Waals surface area contributed by atoms with Gasteiger partial charge in [-0.05, 0) is 30.4 Å². The molecule has 0 aliphatic heterocycles. The van der Waals surface area contributed by atoms with Gasteiger partial charge in [0.25, 0.3) is 0 Å². The molecule has 1 fully saturated rings. The van der Waals surface area contributed by atoms with Crippen LogP contribution in [0.25, 0.3) is 0 Å². The van der Waals surface area contributed by atoms with E-state index in [1.165, 1.54) is 6.07 Å². The maximum Gasteiger partial charge on any atom is 0.229 e. The van der Waals surface area contributed by atoms with Crippen molar-refractivity contribution in [2.24, 2.45) is 5.92 Å². The SMILES string of the molecule is OC(Cc1nc(Cc2ccccc2F)no1)C1CC1. The van der Waals surface area contributed by atoms with Crippen LogP contribution in [0.2, 0.25) is 0 Å². The third-order valence-electron chi connectivity index (χ3n) is 3.37. The highest BCUT2D eigenvalue weighted by Crippen LogP contribution is 2.33. The zero-order valence-electron chi connectivity index (χ0n) is 10.4. The van der Waals surface area contributed by atoms with Gasteiger partial charge in [-0.15, -0.1) is 0 Å². The van der Waals surface area contributed by atoms with Gasteiger partial charge in [-0.1, -0.05) is 23.4 Å². The summed E-state index contributed by atoms with van der Waals surface area (Å²) in [6.45, 7) is 0. The van der Waals surface area contributed by atoms with Gasteiger partial charge in [-0.2, -0.15) is 4.98 Å². The number of aliphatic hydroxyl groups excluding tert-OH is 1. The van der Waals surface area contributed by atoms with E-state index in [9.17, 15) is 9.50 Å². The van der Waals surface area contributed by atoms with Crippen LogP contribution in [0, 0.1) is 11.7 Å². The van der Waals surface area contributed by atoms with E-state index in [2.05, 4.69) is 10.1 Å². The summed E-state index contributed by atoms with van der Waals surface area (Å²) in [6, 6.07) is 6.53. The molecule has 1 unspecified atom stereocenters. The molecule has 1 saturated carbocycles. The molecule has 19 heavy (non-hydrogen) atoms. The van der Waals surface area contributed by atoms with Crippen molar-refractivity contribution in [3.63, 3.8) is 0 Å². The van der Waals surface area contributed by atoms with E-state index >= 15 is 0 Å². The average molecular weight is 262 g/mol. The maximum absolute atomic E-state index is 13.5. The molecule has 1 N–H and O–H groups in total. The predicted molar refractivity (Wildman–Crippen MR) is 65.9 cm³/mol. The second-order valence-electron chi connectivity index (χ2n) is 4.98. The molecule has 1 aromatic carbocycles. The molecule has 0 saturated heterocycles. The Morgan fingerprint density at radius 2 is 2.16 bits per heavy atom. The van der Waals surface area contributed by atoms with Crippen LogP contribution in [-0.2, 0) is 12.8 Å². The highest BCUT2D eigenvalue weighted by molar-refractivity contribution is 5.20. The topological polar surface area (TPSA) is 59.2 Å². The first-order valence-electron chi connectivity index (χ1n) is 6.45. The standard InChI is InChI=1S/C14H15FN2O2/c15-11-4-2-1-3-10(11)7-13-16-14(19-17-13)8-12(18)9-5-6-9/h1-4,9,12,18H,5-8H2. The lowest BCUT2D eigenvalue weighted by Crippen LogP contribution is -2.12. The number of hydrogen-bond donors (Lipinski definition) is 1. The number of benzene rings is 1. The van der Waals surface area contributed by atoms with Crippen molar-refractivity contribution in [1.29, 1.82) is 0 Å². The minimum Gasteiger partial charge on any atom is -0.392 e. The predicted octanol–water partition coefficient (Wildman–Crippen LogP) is 2.11. The number of rotatable bonds is 5. The van der Waals surface area contributed by atoms with E-state index in [0.29, 0.717) is 36.0 Å². The Bertz CT molecular complexity index is 566. The summed E-state index contributed by atoms with van der Waals surface area (Å²) in [7, 11) is 0. The second-order valence-corrected chi connectivity index (χ2v) is 4.98. The Labute approximate surface area is 110 Å². The van der Waals surface area contributed by atoms with Crippen molar-refractivity contribution >= 4 is 0 Å². The molecular formula is C14H15FN2O2. The highest BCUT2D eigenvalue weighted by Gasteiger charge is 2.31. The van der Waals surface area contributed by atoms with Crippen LogP contribution >= 0.6 is 0 Å². The van der Waals surface area contributed by atoms with Gasteiger partial charge in [0.2, 0.25) is 5.89 Å². The van der Waals surface area contributed by atoms with Gasteiger partial charge in [0, 0.05) is 6.42 Å². The number of aromatic nitrogens is 2. The Morgan fingerprint density at radius 3 is 2.89 bits per heavy atom. The van der Waals surface area contributed by atoms with Gasteiger partial charge in [0.15, 0.2) is 5.82 Å². The van der Waals surface area contributed by atoms with E-state index in [4.69, 9.17) is 4.52 Å². The summed E-state index contributed by atoms with van der Waals surface area (Å²) < 4.78 is 18.6. The summed E-state index contributed by atoms with van der Waals surface area (Å²) in [5, 5.41) is 13.6. The molecule has 1 aromatic heterocycles. The highest BCUT2D eigenvalue weighted by atomic mass is 19.1. The van der Waals surface area contributed by atoms with Crippen molar-refractivity contribution in [1.82, 2.24) is 10.1 Å². The summed E-state index contributed by atoms with van der Waals surface area (Å²) in [4.78, 5) is 4.19. The van der Waals surface area contributed by atoms with Crippen molar-refractivity contribution < 1.29 is 14.0 Å². The maximum atomic E-state index is 13.5. The lowest BCUT2D eigenvalue weighted by atomic mass is 10.1. The third kappa shape index (κ3) is 2.98. The molecule has 1 atom stereocenters. The molecule has 0 radical (unpaired) electrons. The number of halogens is 1. The van der Waals surface area contributed by atoms with Crippen LogP contribution in [-0.4, -0.2) is 21.4 Å². The van der Waals surface area contributed by atoms with Crippen LogP contribution in [0.4, 0.5) is 4.39 Å². The lowest BCUT2D eigenvalue weighted by Gasteiger charge is -2.03. The van der Waals surface area contributed by atoms with Gasteiger partial charge >= 0.3 is 0 Å². The number of aliphatic hydroxyl groups is 1. The van der Waals surface area contributed by atoms with E-state index < -0.39 is 6.10 Å². The van der Waals surface area contributed by atoms with E-state index in [0.717, 1.165) is 12.8 Å². The fraction of sp³-hybridized carbons (Fsp3) is 0.429. The minimum atomic E-state index is -0.401. The molecule has 0 amide bonds. The third-order valence-corrected chi connectivity index (χ3v) is 3.37. The molecule has 0 spiro atoms. The molecule has 1 aliphatic carbocycles. The van der Waals surface area contributed by atoms with E-state index in [1.54, 1.807) is 18.2 Å². The second kappa shape index (κ2) is 5.09. The van der Waals surface area contributed by atoms with Gasteiger partial charge in [0.05, 0.1) is 12.5 Å². The van der Waals surface area contributed by atoms with Crippen molar-refractivity contribution in [2.45, 2.75) is 31.8 Å².